The summed E-state index contributed by atoms with van der Waals surface area (Å²) < 4.78 is 4.96. The fraction of sp³-hybridized carbons (Fsp3) is 0.476. The van der Waals surface area contributed by atoms with Gasteiger partial charge in [0.15, 0.2) is 5.82 Å². The van der Waals surface area contributed by atoms with Crippen LogP contribution >= 0.6 is 0 Å². The van der Waals surface area contributed by atoms with Crippen LogP contribution in [-0.2, 0) is 16.0 Å². The van der Waals surface area contributed by atoms with Gasteiger partial charge in [-0.3, -0.25) is 9.59 Å². The number of aromatic nitrogens is 1. The van der Waals surface area contributed by atoms with Gasteiger partial charge in [-0.2, -0.15) is 0 Å². The molecule has 0 atom stereocenters. The molecule has 27 heavy (non-hydrogen) atoms. The molecule has 1 saturated heterocycles. The van der Waals surface area contributed by atoms with Gasteiger partial charge in [0, 0.05) is 31.5 Å². The van der Waals surface area contributed by atoms with Crippen LogP contribution in [0.4, 0.5) is 5.82 Å². The molecular weight excluding hydrogens is 342 g/mol. The van der Waals surface area contributed by atoms with Gasteiger partial charge < -0.3 is 14.7 Å². The highest BCUT2D eigenvalue weighted by molar-refractivity contribution is 5.91. The summed E-state index contributed by atoms with van der Waals surface area (Å²) in [5, 5.41) is 6.57. The van der Waals surface area contributed by atoms with Gasteiger partial charge in [0.2, 0.25) is 11.8 Å². The van der Waals surface area contributed by atoms with Crippen molar-refractivity contribution >= 4 is 17.6 Å². The molecule has 1 fully saturated rings. The van der Waals surface area contributed by atoms with E-state index in [-0.39, 0.29) is 17.7 Å². The van der Waals surface area contributed by atoms with Gasteiger partial charge in [0.05, 0.1) is 0 Å². The molecule has 1 aliphatic rings. The number of nitrogens with one attached hydrogen (secondary N) is 1. The Hall–Kier alpha value is -2.63. The first-order valence-corrected chi connectivity index (χ1v) is 9.50. The Morgan fingerprint density at radius 3 is 2.56 bits per heavy atom. The van der Waals surface area contributed by atoms with E-state index in [0.717, 1.165) is 6.42 Å². The van der Waals surface area contributed by atoms with Crippen LogP contribution < -0.4 is 5.32 Å². The smallest absolute Gasteiger partial charge is 0.228 e. The molecule has 2 amide bonds. The number of amides is 2. The topological polar surface area (TPSA) is 75.4 Å². The summed E-state index contributed by atoms with van der Waals surface area (Å²) in [5.41, 5.74) is 3.70. The summed E-state index contributed by atoms with van der Waals surface area (Å²) in [5.74, 6) is 1.14. The van der Waals surface area contributed by atoms with Crippen LogP contribution in [-0.4, -0.2) is 35.0 Å². The molecule has 6 heteroatoms. The first-order valence-electron chi connectivity index (χ1n) is 9.50. The number of hydrogen-bond donors (Lipinski definition) is 1. The Kier molecular flexibility index (Phi) is 5.94. The Balaban J connectivity index is 1.45. The second-order valence-electron chi connectivity index (χ2n) is 7.40. The van der Waals surface area contributed by atoms with Gasteiger partial charge in [0.1, 0.15) is 5.76 Å². The third-order valence-corrected chi connectivity index (χ3v) is 5.20. The number of anilines is 1. The lowest BCUT2D eigenvalue weighted by Gasteiger charge is -2.31. The molecule has 0 unspecified atom stereocenters. The lowest BCUT2D eigenvalue weighted by molar-refractivity contribution is -0.134. The average molecular weight is 369 g/mol. The highest BCUT2D eigenvalue weighted by Crippen LogP contribution is 2.21. The molecule has 0 bridgehead atoms. The summed E-state index contributed by atoms with van der Waals surface area (Å²) in [4.78, 5) is 26.7. The van der Waals surface area contributed by atoms with Crippen molar-refractivity contribution in [3.05, 3.63) is 46.7 Å². The molecule has 3 rings (SSSR count). The minimum Gasteiger partial charge on any atom is -0.360 e. The number of benzene rings is 1. The van der Waals surface area contributed by atoms with Crippen LogP contribution in [0.15, 0.2) is 28.8 Å². The van der Waals surface area contributed by atoms with Crippen molar-refractivity contribution in [1.29, 1.82) is 0 Å². The predicted octanol–water partition coefficient (Wildman–Crippen LogP) is 3.41. The third-order valence-electron chi connectivity index (χ3n) is 5.20. The van der Waals surface area contributed by atoms with Gasteiger partial charge in [-0.05, 0) is 51.2 Å². The van der Waals surface area contributed by atoms with Crippen molar-refractivity contribution in [1.82, 2.24) is 10.1 Å². The number of hydrogen-bond acceptors (Lipinski definition) is 4. The zero-order valence-electron chi connectivity index (χ0n) is 16.2. The maximum absolute atomic E-state index is 12.5. The van der Waals surface area contributed by atoms with Crippen molar-refractivity contribution in [2.24, 2.45) is 5.92 Å². The SMILES string of the molecule is Cc1ccc(CCC(=O)N2CCC(C(=O)Nc3cc(C)on3)CC2)c(C)c1. The third kappa shape index (κ3) is 4.96. The Bertz CT molecular complexity index is 820. The number of carbonyl (C=O) groups excluding carboxylic acids is 2. The van der Waals surface area contributed by atoms with Crippen molar-refractivity contribution in [2.75, 3.05) is 18.4 Å². The van der Waals surface area contributed by atoms with Crippen molar-refractivity contribution in [3.63, 3.8) is 0 Å². The van der Waals surface area contributed by atoms with E-state index in [4.69, 9.17) is 4.52 Å². The van der Waals surface area contributed by atoms with E-state index in [9.17, 15) is 9.59 Å². The molecule has 144 valence electrons. The van der Waals surface area contributed by atoms with E-state index in [1.807, 2.05) is 4.90 Å². The van der Waals surface area contributed by atoms with Crippen LogP contribution in [0.5, 0.6) is 0 Å². The molecule has 0 spiro atoms. The Morgan fingerprint density at radius 1 is 1.19 bits per heavy atom. The summed E-state index contributed by atoms with van der Waals surface area (Å²) in [6.45, 7) is 7.20. The lowest BCUT2D eigenvalue weighted by Crippen LogP contribution is -2.41. The van der Waals surface area contributed by atoms with Crippen molar-refractivity contribution in [3.8, 4) is 0 Å². The molecule has 1 aromatic carbocycles. The Labute approximate surface area is 159 Å². The summed E-state index contributed by atoms with van der Waals surface area (Å²) >= 11 is 0. The number of aryl methyl sites for hydroxylation is 4. The van der Waals surface area contributed by atoms with Crippen molar-refractivity contribution < 1.29 is 14.1 Å². The maximum atomic E-state index is 12.5. The molecule has 1 N–H and O–H groups in total. The zero-order chi connectivity index (χ0) is 19.4. The second-order valence-corrected chi connectivity index (χ2v) is 7.40. The molecule has 2 aromatic rings. The first-order chi connectivity index (χ1) is 12.9. The van der Waals surface area contributed by atoms with Crippen LogP contribution in [0.2, 0.25) is 0 Å². The van der Waals surface area contributed by atoms with Gasteiger partial charge in [0.25, 0.3) is 0 Å². The van der Waals surface area contributed by atoms with E-state index in [1.54, 1.807) is 13.0 Å². The van der Waals surface area contributed by atoms with Gasteiger partial charge >= 0.3 is 0 Å². The Morgan fingerprint density at radius 2 is 1.93 bits per heavy atom. The predicted molar refractivity (Wildman–Crippen MR) is 103 cm³/mol. The summed E-state index contributed by atoms with van der Waals surface area (Å²) in [6.07, 6.45) is 2.63. The quantitative estimate of drug-likeness (QED) is 0.876. The average Bonchev–Trinajstić information content (AvgIpc) is 3.05. The van der Waals surface area contributed by atoms with E-state index in [2.05, 4.69) is 42.5 Å². The van der Waals surface area contributed by atoms with E-state index >= 15 is 0 Å². The molecule has 0 saturated carbocycles. The largest absolute Gasteiger partial charge is 0.360 e. The zero-order valence-corrected chi connectivity index (χ0v) is 16.2. The van der Waals surface area contributed by atoms with Gasteiger partial charge in [-0.25, -0.2) is 0 Å². The van der Waals surface area contributed by atoms with Crippen molar-refractivity contribution in [2.45, 2.75) is 46.5 Å². The van der Waals surface area contributed by atoms with Gasteiger partial charge in [-0.1, -0.05) is 28.9 Å². The number of carbonyl (C=O) groups is 2. The fourth-order valence-corrected chi connectivity index (χ4v) is 3.57. The fourth-order valence-electron chi connectivity index (χ4n) is 3.57. The molecule has 6 nitrogen and oxygen atoms in total. The summed E-state index contributed by atoms with van der Waals surface area (Å²) in [6, 6.07) is 8.05. The normalized spacial score (nSPS) is 15.0. The monoisotopic (exact) mass is 369 g/mol. The van der Waals surface area contributed by atoms with Crippen LogP contribution in [0.1, 0.15) is 41.7 Å². The highest BCUT2D eigenvalue weighted by Gasteiger charge is 2.27. The van der Waals surface area contributed by atoms with E-state index < -0.39 is 0 Å². The van der Waals surface area contributed by atoms with Crippen LogP contribution in [0.3, 0.4) is 0 Å². The van der Waals surface area contributed by atoms with Gasteiger partial charge in [-0.15, -0.1) is 0 Å². The second kappa shape index (κ2) is 8.37. The minimum absolute atomic E-state index is 0.0503. The van der Waals surface area contributed by atoms with Crippen LogP contribution in [0, 0.1) is 26.7 Å². The molecule has 0 aliphatic carbocycles. The standard InChI is InChI=1S/C21H27N3O3/c1-14-4-5-17(15(2)12-14)6-7-20(25)24-10-8-18(9-11-24)21(26)22-19-13-16(3)27-23-19/h4-5,12-13,18H,6-11H2,1-3H3,(H,22,23,26). The number of likely N-dealkylation sites (tertiary alicyclic amines) is 1. The molecule has 0 radical (unpaired) electrons. The highest BCUT2D eigenvalue weighted by atomic mass is 16.5. The number of nitrogens with zero attached hydrogens (tertiary/aromatic N) is 2. The van der Waals surface area contributed by atoms with E-state index in [0.29, 0.717) is 43.9 Å². The molecule has 1 aromatic heterocycles. The maximum Gasteiger partial charge on any atom is 0.228 e. The minimum atomic E-state index is -0.0922. The first kappa shape index (κ1) is 19.1. The molecule has 1 aliphatic heterocycles. The number of rotatable bonds is 5. The molecule has 2 heterocycles. The lowest BCUT2D eigenvalue weighted by atomic mass is 9.95. The summed E-state index contributed by atoms with van der Waals surface area (Å²) in [7, 11) is 0. The molecular formula is C21H27N3O3. The number of piperidine rings is 1. The van der Waals surface area contributed by atoms with E-state index in [1.165, 1.54) is 16.7 Å². The van der Waals surface area contributed by atoms with Crippen LogP contribution in [0.25, 0.3) is 0 Å².